The Kier molecular flexibility index (Phi) is 6.20. The average Bonchev–Trinajstić information content (AvgIpc) is 2.42. The molecule has 0 fully saturated rings. The minimum atomic E-state index is -0.726. The van der Waals surface area contributed by atoms with Gasteiger partial charge in [-0.1, -0.05) is 17.7 Å². The van der Waals surface area contributed by atoms with Crippen LogP contribution < -0.4 is 5.32 Å². The molecule has 0 bridgehead atoms. The van der Waals surface area contributed by atoms with Crippen LogP contribution in [0.1, 0.15) is 42.7 Å². The Morgan fingerprint density at radius 1 is 1.36 bits per heavy atom. The van der Waals surface area contributed by atoms with Gasteiger partial charge in [-0.2, -0.15) is 0 Å². The molecule has 122 valence electrons. The number of carbonyl (C=O) groups is 2. The van der Waals surface area contributed by atoms with Crippen LogP contribution in [0.25, 0.3) is 0 Å². The second kappa shape index (κ2) is 7.47. The molecule has 1 amide bonds. The molecule has 1 rings (SSSR count). The smallest absolute Gasteiger partial charge is 0.408 e. The summed E-state index contributed by atoms with van der Waals surface area (Å²) in [5, 5.41) is 12.2. The Hall–Kier alpha value is -1.79. The van der Waals surface area contributed by atoms with Gasteiger partial charge in [0, 0.05) is 0 Å². The first-order chi connectivity index (χ1) is 10.2. The molecule has 2 N–H and O–H groups in total. The van der Waals surface area contributed by atoms with Crippen LogP contribution in [0.15, 0.2) is 18.2 Å². The van der Waals surface area contributed by atoms with Crippen molar-refractivity contribution < 1.29 is 24.2 Å². The number of methoxy groups -OCH3 is 1. The van der Waals surface area contributed by atoms with Crippen molar-refractivity contribution in [2.45, 2.75) is 32.4 Å². The molecule has 0 heterocycles. The summed E-state index contributed by atoms with van der Waals surface area (Å²) >= 11 is 5.94. The number of carbonyl (C=O) groups excluding carboxylic acids is 2. The van der Waals surface area contributed by atoms with Crippen LogP contribution in [0, 0.1) is 0 Å². The lowest BCUT2D eigenvalue weighted by Gasteiger charge is -2.23. The van der Waals surface area contributed by atoms with Gasteiger partial charge in [0.15, 0.2) is 0 Å². The van der Waals surface area contributed by atoms with Gasteiger partial charge in [-0.3, -0.25) is 0 Å². The maximum absolute atomic E-state index is 11.8. The number of ether oxygens (including phenoxy) is 2. The number of aliphatic hydroxyl groups excluding tert-OH is 1. The van der Waals surface area contributed by atoms with E-state index in [-0.39, 0.29) is 17.2 Å². The highest BCUT2D eigenvalue weighted by atomic mass is 35.5. The normalized spacial score (nSPS) is 12.5. The van der Waals surface area contributed by atoms with Crippen molar-refractivity contribution in [3.8, 4) is 0 Å². The molecule has 1 aromatic carbocycles. The quantitative estimate of drug-likeness (QED) is 0.830. The minimum Gasteiger partial charge on any atom is -0.465 e. The van der Waals surface area contributed by atoms with E-state index in [2.05, 4.69) is 10.1 Å². The zero-order valence-corrected chi connectivity index (χ0v) is 13.7. The maximum Gasteiger partial charge on any atom is 0.408 e. The van der Waals surface area contributed by atoms with E-state index in [1.807, 2.05) is 0 Å². The number of hydrogen-bond acceptors (Lipinski definition) is 5. The molecule has 1 aromatic rings. The predicted molar refractivity (Wildman–Crippen MR) is 82.0 cm³/mol. The Bertz CT molecular complexity index is 553. The van der Waals surface area contributed by atoms with Gasteiger partial charge in [-0.25, -0.2) is 9.59 Å². The molecule has 0 aliphatic rings. The lowest BCUT2D eigenvalue weighted by molar-refractivity contribution is 0.0481. The summed E-state index contributed by atoms with van der Waals surface area (Å²) < 4.78 is 9.77. The third-order valence-corrected chi connectivity index (χ3v) is 3.00. The average molecular weight is 330 g/mol. The topological polar surface area (TPSA) is 84.9 Å². The minimum absolute atomic E-state index is 0.158. The fraction of sp³-hybridized carbons (Fsp3) is 0.467. The molecule has 6 nitrogen and oxygen atoms in total. The van der Waals surface area contributed by atoms with Crippen molar-refractivity contribution >= 4 is 23.7 Å². The monoisotopic (exact) mass is 329 g/mol. The van der Waals surface area contributed by atoms with Crippen LogP contribution in [-0.4, -0.2) is 36.5 Å². The lowest BCUT2D eigenvalue weighted by atomic mass is 10.0. The molecule has 0 spiro atoms. The predicted octanol–water partition coefficient (Wildman–Crippen LogP) is 2.68. The van der Waals surface area contributed by atoms with Gasteiger partial charge in [0.1, 0.15) is 5.60 Å². The van der Waals surface area contributed by atoms with Gasteiger partial charge in [-0.05, 0) is 38.5 Å². The highest BCUT2D eigenvalue weighted by Crippen LogP contribution is 2.22. The largest absolute Gasteiger partial charge is 0.465 e. The summed E-state index contributed by atoms with van der Waals surface area (Å²) in [7, 11) is 1.24. The van der Waals surface area contributed by atoms with Crippen LogP contribution >= 0.6 is 11.6 Å². The van der Waals surface area contributed by atoms with E-state index in [0.29, 0.717) is 5.56 Å². The SMILES string of the molecule is COC(=O)c1cc([C@@H](CO)NC(=O)OC(C)(C)C)ccc1Cl. The molecule has 7 heteroatoms. The number of rotatable bonds is 4. The molecule has 0 saturated heterocycles. The standard InChI is InChI=1S/C15H20ClNO5/c1-15(2,3)22-14(20)17-12(8-18)9-5-6-11(16)10(7-9)13(19)21-4/h5-7,12,18H,8H2,1-4H3,(H,17,20)/t12-/m1/s1. The van der Waals surface area contributed by atoms with Gasteiger partial charge in [0.25, 0.3) is 0 Å². The number of amides is 1. The molecule has 22 heavy (non-hydrogen) atoms. The third kappa shape index (κ3) is 5.20. The van der Waals surface area contributed by atoms with E-state index >= 15 is 0 Å². The van der Waals surface area contributed by atoms with Crippen LogP contribution in [0.3, 0.4) is 0 Å². The zero-order chi connectivity index (χ0) is 16.9. The number of aliphatic hydroxyl groups is 1. The number of alkyl carbamates (subject to hydrolysis) is 1. The van der Waals surface area contributed by atoms with Gasteiger partial charge < -0.3 is 19.9 Å². The Balaban J connectivity index is 2.96. The Labute approximate surface area is 134 Å². The van der Waals surface area contributed by atoms with Crippen LogP contribution in [-0.2, 0) is 9.47 Å². The van der Waals surface area contributed by atoms with Gasteiger partial charge >= 0.3 is 12.1 Å². The van der Waals surface area contributed by atoms with Crippen molar-refractivity contribution in [3.63, 3.8) is 0 Å². The van der Waals surface area contributed by atoms with E-state index in [9.17, 15) is 14.7 Å². The molecule has 0 unspecified atom stereocenters. The first kappa shape index (κ1) is 18.3. The molecule has 0 radical (unpaired) electrons. The van der Waals surface area contributed by atoms with Crippen molar-refractivity contribution in [2.75, 3.05) is 13.7 Å². The third-order valence-electron chi connectivity index (χ3n) is 2.67. The first-order valence-electron chi connectivity index (χ1n) is 6.66. The summed E-state index contributed by atoms with van der Waals surface area (Å²) in [6.45, 7) is 4.84. The fourth-order valence-electron chi connectivity index (χ4n) is 1.71. The van der Waals surface area contributed by atoms with Crippen molar-refractivity contribution in [1.29, 1.82) is 0 Å². The number of benzene rings is 1. The lowest BCUT2D eigenvalue weighted by Crippen LogP contribution is -2.36. The van der Waals surface area contributed by atoms with Crippen LogP contribution in [0.4, 0.5) is 4.79 Å². The summed E-state index contributed by atoms with van der Waals surface area (Å²) in [6.07, 6.45) is -0.666. The molecule has 1 atom stereocenters. The molecule has 0 aromatic heterocycles. The van der Waals surface area contributed by atoms with Crippen LogP contribution in [0.5, 0.6) is 0 Å². The number of halogens is 1. The highest BCUT2D eigenvalue weighted by Gasteiger charge is 2.21. The van der Waals surface area contributed by atoms with Crippen LogP contribution in [0.2, 0.25) is 5.02 Å². The molecular weight excluding hydrogens is 310 g/mol. The van der Waals surface area contributed by atoms with Crippen molar-refractivity contribution in [1.82, 2.24) is 5.32 Å². The first-order valence-corrected chi connectivity index (χ1v) is 7.04. The Morgan fingerprint density at radius 3 is 2.50 bits per heavy atom. The van der Waals surface area contributed by atoms with E-state index < -0.39 is 23.7 Å². The van der Waals surface area contributed by atoms with E-state index in [1.165, 1.54) is 19.2 Å². The summed E-state index contributed by atoms with van der Waals surface area (Å²) in [5.41, 5.74) is 0.0191. The molecule has 0 aliphatic heterocycles. The number of hydrogen-bond donors (Lipinski definition) is 2. The van der Waals surface area contributed by atoms with E-state index in [1.54, 1.807) is 26.8 Å². The summed E-state index contributed by atoms with van der Waals surface area (Å²) in [6, 6.07) is 3.85. The van der Waals surface area contributed by atoms with Gasteiger partial charge in [-0.15, -0.1) is 0 Å². The van der Waals surface area contributed by atoms with Crippen molar-refractivity contribution in [2.24, 2.45) is 0 Å². The summed E-state index contributed by atoms with van der Waals surface area (Å²) in [5.74, 6) is -0.596. The number of nitrogens with one attached hydrogen (secondary N) is 1. The van der Waals surface area contributed by atoms with E-state index in [0.717, 1.165) is 0 Å². The maximum atomic E-state index is 11.8. The highest BCUT2D eigenvalue weighted by molar-refractivity contribution is 6.33. The van der Waals surface area contributed by atoms with Crippen molar-refractivity contribution in [3.05, 3.63) is 34.3 Å². The van der Waals surface area contributed by atoms with E-state index in [4.69, 9.17) is 16.3 Å². The zero-order valence-electron chi connectivity index (χ0n) is 13.0. The van der Waals surface area contributed by atoms with Gasteiger partial charge in [0.2, 0.25) is 0 Å². The second-order valence-electron chi connectivity index (χ2n) is 5.61. The van der Waals surface area contributed by atoms with Gasteiger partial charge in [0.05, 0.1) is 30.3 Å². The summed E-state index contributed by atoms with van der Waals surface area (Å²) in [4.78, 5) is 23.4. The molecule has 0 aliphatic carbocycles. The number of esters is 1. The molecule has 0 saturated carbocycles. The Morgan fingerprint density at radius 2 is 2.00 bits per heavy atom. The molecular formula is C15H20ClNO5. The fourth-order valence-corrected chi connectivity index (χ4v) is 1.90. The second-order valence-corrected chi connectivity index (χ2v) is 6.02.